The average molecular weight is 348 g/mol. The smallest absolute Gasteiger partial charge is 0.335 e. The number of hydrogen-bond acceptors (Lipinski definition) is 3. The quantitative estimate of drug-likeness (QED) is 0.625. The van der Waals surface area contributed by atoms with Gasteiger partial charge in [0.1, 0.15) is 0 Å². The third kappa shape index (κ3) is 3.61. The summed E-state index contributed by atoms with van der Waals surface area (Å²) in [5, 5.41) is 11.9. The molecule has 0 aliphatic carbocycles. The fourth-order valence-corrected chi connectivity index (χ4v) is 1.84. The number of alkyl halides is 1. The van der Waals surface area contributed by atoms with Crippen LogP contribution in [-0.2, 0) is 0 Å². The molecular formula is C15H14BrN3O2. The molecule has 0 fully saturated rings. The van der Waals surface area contributed by atoms with Crippen molar-refractivity contribution in [3.63, 3.8) is 0 Å². The van der Waals surface area contributed by atoms with Gasteiger partial charge in [-0.25, -0.2) is 9.78 Å². The van der Waals surface area contributed by atoms with Gasteiger partial charge in [-0.05, 0) is 42.2 Å². The molecule has 21 heavy (non-hydrogen) atoms. The highest BCUT2D eigenvalue weighted by molar-refractivity contribution is 9.08. The number of nitrogens with one attached hydrogen (secondary N) is 2. The van der Waals surface area contributed by atoms with E-state index in [0.717, 1.165) is 16.7 Å². The van der Waals surface area contributed by atoms with E-state index in [2.05, 4.69) is 31.2 Å². The van der Waals surface area contributed by atoms with E-state index in [0.29, 0.717) is 5.95 Å². The summed E-state index contributed by atoms with van der Waals surface area (Å²) < 4.78 is 0. The molecule has 1 aromatic heterocycles. The van der Waals surface area contributed by atoms with E-state index in [1.807, 2.05) is 30.1 Å². The summed E-state index contributed by atoms with van der Waals surface area (Å²) >= 11 is 2.94. The molecule has 5 nitrogen and oxygen atoms in total. The van der Waals surface area contributed by atoms with Crippen molar-refractivity contribution in [2.45, 2.75) is 0 Å². The van der Waals surface area contributed by atoms with E-state index in [4.69, 9.17) is 5.11 Å². The van der Waals surface area contributed by atoms with Gasteiger partial charge in [-0.2, -0.15) is 0 Å². The number of carboxylic acids is 1. The first-order chi connectivity index (χ1) is 10.2. The Kier molecular flexibility index (Phi) is 4.94. The molecule has 0 aliphatic rings. The van der Waals surface area contributed by atoms with Gasteiger partial charge in [-0.15, -0.1) is 0 Å². The maximum atomic E-state index is 10.7. The highest BCUT2D eigenvalue weighted by atomic mass is 79.9. The minimum absolute atomic E-state index is 0.259. The van der Waals surface area contributed by atoms with E-state index in [-0.39, 0.29) is 5.56 Å². The van der Waals surface area contributed by atoms with Gasteiger partial charge in [0.25, 0.3) is 0 Å². The molecule has 0 aliphatic heterocycles. The van der Waals surface area contributed by atoms with Gasteiger partial charge in [0, 0.05) is 5.69 Å². The second-order valence-corrected chi connectivity index (χ2v) is 4.11. The normalized spacial score (nSPS) is 9.81. The van der Waals surface area contributed by atoms with Gasteiger partial charge in [-0.1, -0.05) is 28.1 Å². The zero-order valence-electron chi connectivity index (χ0n) is 11.3. The van der Waals surface area contributed by atoms with Crippen molar-refractivity contribution in [2.75, 3.05) is 11.1 Å². The van der Waals surface area contributed by atoms with Crippen LogP contribution >= 0.6 is 15.9 Å². The van der Waals surface area contributed by atoms with Crippen molar-refractivity contribution < 1.29 is 9.90 Å². The van der Waals surface area contributed by atoms with Crippen molar-refractivity contribution in [2.24, 2.45) is 0 Å². The molecule has 0 amide bonds. The van der Waals surface area contributed by atoms with Gasteiger partial charge >= 0.3 is 5.97 Å². The Hall–Kier alpha value is -2.34. The van der Waals surface area contributed by atoms with E-state index < -0.39 is 5.97 Å². The molecule has 0 bridgehead atoms. The summed E-state index contributed by atoms with van der Waals surface area (Å²) in [4.78, 5) is 18.3. The molecule has 3 aromatic rings. The Bertz CT molecular complexity index is 705. The molecule has 0 spiro atoms. The summed E-state index contributed by atoms with van der Waals surface area (Å²) in [5.74, 6) is 1.51. The molecule has 0 unspecified atom stereocenters. The highest BCUT2D eigenvalue weighted by Gasteiger charge is 2.04. The van der Waals surface area contributed by atoms with Gasteiger partial charge < -0.3 is 15.4 Å². The summed E-state index contributed by atoms with van der Waals surface area (Å²) in [5.41, 5.74) is 2.87. The fourth-order valence-electron chi connectivity index (χ4n) is 1.84. The number of carbonyl (C=O) groups is 1. The Morgan fingerprint density at radius 1 is 1.14 bits per heavy atom. The predicted octanol–water partition coefficient (Wildman–Crippen LogP) is 4.02. The molecular weight excluding hydrogens is 334 g/mol. The zero-order chi connectivity index (χ0) is 15.2. The summed E-state index contributed by atoms with van der Waals surface area (Å²) in [6.07, 6.45) is 0. The lowest BCUT2D eigenvalue weighted by Gasteiger charge is -2.02. The predicted molar refractivity (Wildman–Crippen MR) is 87.6 cm³/mol. The van der Waals surface area contributed by atoms with E-state index >= 15 is 0 Å². The standard InChI is InChI=1S/C14H11N3O2.CH3Br/c18-13(19)9-5-7-10(8-6-9)15-14-16-11-3-1-2-4-12(11)17-14;1-2/h1-8H,(H,18,19)(H2,15,16,17);1H3. The van der Waals surface area contributed by atoms with Crippen molar-refractivity contribution in [1.82, 2.24) is 9.97 Å². The first-order valence-electron chi connectivity index (χ1n) is 6.15. The Morgan fingerprint density at radius 2 is 1.81 bits per heavy atom. The van der Waals surface area contributed by atoms with Crippen LogP contribution in [0.3, 0.4) is 0 Å². The number of anilines is 2. The summed E-state index contributed by atoms with van der Waals surface area (Å²) in [6, 6.07) is 14.2. The number of imidazole rings is 1. The van der Waals surface area contributed by atoms with E-state index in [1.54, 1.807) is 24.3 Å². The van der Waals surface area contributed by atoms with Gasteiger partial charge in [0.15, 0.2) is 0 Å². The van der Waals surface area contributed by atoms with E-state index in [1.165, 1.54) is 0 Å². The number of halogens is 1. The first-order valence-corrected chi connectivity index (χ1v) is 7.74. The number of fused-ring (bicyclic) bond motifs is 1. The Morgan fingerprint density at radius 3 is 2.43 bits per heavy atom. The SMILES string of the molecule is CBr.O=C(O)c1ccc(Nc2nc3ccccc3[nH]2)cc1. The lowest BCUT2D eigenvalue weighted by molar-refractivity contribution is 0.0697. The highest BCUT2D eigenvalue weighted by Crippen LogP contribution is 2.18. The van der Waals surface area contributed by atoms with Crippen LogP contribution in [0, 0.1) is 0 Å². The topological polar surface area (TPSA) is 78.0 Å². The maximum Gasteiger partial charge on any atom is 0.335 e. The third-order valence-electron chi connectivity index (χ3n) is 2.78. The molecule has 0 saturated carbocycles. The number of hydrogen-bond donors (Lipinski definition) is 3. The van der Waals surface area contributed by atoms with Crippen LogP contribution in [-0.4, -0.2) is 26.9 Å². The summed E-state index contributed by atoms with van der Waals surface area (Å²) in [6.45, 7) is 0. The van der Waals surface area contributed by atoms with Crippen LogP contribution in [0.2, 0.25) is 0 Å². The zero-order valence-corrected chi connectivity index (χ0v) is 12.9. The van der Waals surface area contributed by atoms with Crippen molar-refractivity contribution in [3.05, 3.63) is 54.1 Å². The average Bonchev–Trinajstić information content (AvgIpc) is 2.92. The third-order valence-corrected chi connectivity index (χ3v) is 2.78. The molecule has 1 heterocycles. The second kappa shape index (κ2) is 6.90. The van der Waals surface area contributed by atoms with Crippen LogP contribution in [0.4, 0.5) is 11.6 Å². The van der Waals surface area contributed by atoms with Crippen LogP contribution in [0.15, 0.2) is 48.5 Å². The lowest BCUT2D eigenvalue weighted by Crippen LogP contribution is -1.97. The molecule has 2 aromatic carbocycles. The van der Waals surface area contributed by atoms with Crippen molar-refractivity contribution in [3.8, 4) is 0 Å². The molecule has 0 saturated heterocycles. The number of aromatic nitrogens is 2. The van der Waals surface area contributed by atoms with Crippen LogP contribution in [0.1, 0.15) is 10.4 Å². The maximum absolute atomic E-state index is 10.7. The molecule has 108 valence electrons. The Labute approximate surface area is 130 Å². The van der Waals surface area contributed by atoms with Crippen molar-refractivity contribution in [1.29, 1.82) is 0 Å². The van der Waals surface area contributed by atoms with Gasteiger partial charge in [0.2, 0.25) is 5.95 Å². The number of para-hydroxylation sites is 2. The number of aromatic amines is 1. The van der Waals surface area contributed by atoms with Crippen LogP contribution in [0.5, 0.6) is 0 Å². The number of carboxylic acid groups (broad SMARTS) is 1. The van der Waals surface area contributed by atoms with Crippen molar-refractivity contribution >= 4 is 44.6 Å². The second-order valence-electron chi connectivity index (χ2n) is 4.11. The monoisotopic (exact) mass is 347 g/mol. The summed E-state index contributed by atoms with van der Waals surface area (Å²) in [7, 11) is 0. The lowest BCUT2D eigenvalue weighted by atomic mass is 10.2. The molecule has 6 heteroatoms. The number of aromatic carboxylic acids is 1. The Balaban J connectivity index is 0.000000774. The molecule has 0 atom stereocenters. The number of rotatable bonds is 3. The number of H-pyrrole nitrogens is 1. The molecule has 3 rings (SSSR count). The van der Waals surface area contributed by atoms with Crippen LogP contribution in [0.25, 0.3) is 11.0 Å². The minimum Gasteiger partial charge on any atom is -0.478 e. The largest absolute Gasteiger partial charge is 0.478 e. The fraction of sp³-hybridized carbons (Fsp3) is 0.0667. The minimum atomic E-state index is -0.935. The number of benzene rings is 2. The van der Waals surface area contributed by atoms with Gasteiger partial charge in [-0.3, -0.25) is 0 Å². The molecule has 0 radical (unpaired) electrons. The van der Waals surface area contributed by atoms with Crippen LogP contribution < -0.4 is 5.32 Å². The molecule has 3 N–H and O–H groups in total. The van der Waals surface area contributed by atoms with E-state index in [9.17, 15) is 4.79 Å². The first kappa shape index (κ1) is 15.1. The van der Waals surface area contributed by atoms with Gasteiger partial charge in [0.05, 0.1) is 16.6 Å². The number of nitrogens with zero attached hydrogens (tertiary/aromatic N) is 1.